The third kappa shape index (κ3) is 1.94. The molecule has 0 N–H and O–H groups in total. The lowest BCUT2D eigenvalue weighted by Crippen LogP contribution is -1.90. The van der Waals surface area contributed by atoms with Crippen LogP contribution in [0.2, 0.25) is 10.0 Å². The number of halogens is 2. The Morgan fingerprint density at radius 3 is 2.58 bits per heavy atom. The number of terminal acetylenes is 1. The Hall–Kier alpha value is -0.640. The van der Waals surface area contributed by atoms with Crippen molar-refractivity contribution in [1.29, 1.82) is 0 Å². The molecule has 0 nitrogen and oxygen atoms in total. The van der Waals surface area contributed by atoms with Crippen molar-refractivity contribution in [3.63, 3.8) is 0 Å². The Morgan fingerprint density at radius 1 is 1.42 bits per heavy atom. The second-order valence-corrected chi connectivity index (χ2v) is 3.24. The lowest BCUT2D eigenvalue weighted by Gasteiger charge is -2.05. The summed E-state index contributed by atoms with van der Waals surface area (Å²) in [5.41, 5.74) is 0.864. The van der Waals surface area contributed by atoms with Gasteiger partial charge in [0.1, 0.15) is 0 Å². The molecule has 0 atom stereocenters. The Bertz CT molecular complexity index is 323. The van der Waals surface area contributed by atoms with Crippen LogP contribution in [-0.2, 0) is 0 Å². The SMILES string of the molecule is C#C[C](C)c1ccc(Cl)cc1Cl. The molecule has 1 aromatic rings. The van der Waals surface area contributed by atoms with E-state index in [4.69, 9.17) is 29.6 Å². The smallest absolute Gasteiger partial charge is 0.0750 e. The van der Waals surface area contributed by atoms with Gasteiger partial charge in [0.15, 0.2) is 0 Å². The van der Waals surface area contributed by atoms with Gasteiger partial charge in [-0.25, -0.2) is 0 Å². The molecule has 12 heavy (non-hydrogen) atoms. The van der Waals surface area contributed by atoms with Crippen molar-refractivity contribution in [2.75, 3.05) is 0 Å². The topological polar surface area (TPSA) is 0 Å². The maximum absolute atomic E-state index is 5.90. The van der Waals surface area contributed by atoms with Crippen LogP contribution in [0, 0.1) is 18.3 Å². The Balaban J connectivity index is 3.11. The predicted octanol–water partition coefficient (Wildman–Crippen LogP) is 3.57. The lowest BCUT2D eigenvalue weighted by atomic mass is 10.0. The van der Waals surface area contributed by atoms with Gasteiger partial charge < -0.3 is 0 Å². The van der Waals surface area contributed by atoms with Crippen molar-refractivity contribution < 1.29 is 0 Å². The van der Waals surface area contributed by atoms with Crippen LogP contribution in [0.3, 0.4) is 0 Å². The van der Waals surface area contributed by atoms with Crippen molar-refractivity contribution in [3.8, 4) is 12.3 Å². The van der Waals surface area contributed by atoms with Gasteiger partial charge in [0.2, 0.25) is 0 Å². The highest BCUT2D eigenvalue weighted by Gasteiger charge is 2.07. The van der Waals surface area contributed by atoms with Crippen LogP contribution in [0.5, 0.6) is 0 Å². The minimum atomic E-state index is 0.595. The molecular formula is C10H7Cl2. The van der Waals surface area contributed by atoms with E-state index in [0.717, 1.165) is 11.5 Å². The highest BCUT2D eigenvalue weighted by atomic mass is 35.5. The Morgan fingerprint density at radius 2 is 2.08 bits per heavy atom. The second kappa shape index (κ2) is 3.85. The molecule has 2 heteroatoms. The largest absolute Gasteiger partial charge is 0.119 e. The molecule has 0 fully saturated rings. The van der Waals surface area contributed by atoms with Crippen LogP contribution >= 0.6 is 23.2 Å². The van der Waals surface area contributed by atoms with E-state index in [9.17, 15) is 0 Å². The summed E-state index contributed by atoms with van der Waals surface area (Å²) in [5.74, 6) is 3.35. The van der Waals surface area contributed by atoms with Gasteiger partial charge in [-0.1, -0.05) is 35.2 Å². The summed E-state index contributed by atoms with van der Waals surface area (Å²) in [6, 6.07) is 5.27. The number of hydrogen-bond acceptors (Lipinski definition) is 0. The zero-order valence-electron chi connectivity index (χ0n) is 6.57. The number of hydrogen-bond donors (Lipinski definition) is 0. The van der Waals surface area contributed by atoms with E-state index in [0.29, 0.717) is 10.0 Å². The molecule has 0 saturated carbocycles. The van der Waals surface area contributed by atoms with Crippen LogP contribution in [0.1, 0.15) is 12.5 Å². The first-order valence-electron chi connectivity index (χ1n) is 3.40. The minimum absolute atomic E-state index is 0.595. The molecule has 0 aliphatic rings. The molecule has 0 aliphatic carbocycles. The normalized spacial score (nSPS) is 9.92. The summed E-state index contributed by atoms with van der Waals surface area (Å²) in [6.07, 6.45) is 5.23. The monoisotopic (exact) mass is 197 g/mol. The molecule has 61 valence electrons. The fourth-order valence-corrected chi connectivity index (χ4v) is 1.42. The molecule has 1 aromatic carbocycles. The lowest BCUT2D eigenvalue weighted by molar-refractivity contribution is 1.29. The standard InChI is InChI=1S/C10H7Cl2/c1-3-7(2)9-5-4-8(11)6-10(9)12/h1,4-6H,2H3. The van der Waals surface area contributed by atoms with Gasteiger partial charge in [-0.15, -0.1) is 6.42 Å². The van der Waals surface area contributed by atoms with Gasteiger partial charge in [-0.3, -0.25) is 0 Å². The zero-order chi connectivity index (χ0) is 9.14. The van der Waals surface area contributed by atoms with Crippen molar-refractivity contribution in [2.45, 2.75) is 6.92 Å². The first-order chi connectivity index (χ1) is 5.65. The molecule has 0 unspecified atom stereocenters. The second-order valence-electron chi connectivity index (χ2n) is 2.39. The van der Waals surface area contributed by atoms with E-state index in [-0.39, 0.29) is 0 Å². The van der Waals surface area contributed by atoms with Crippen molar-refractivity contribution in [3.05, 3.63) is 39.7 Å². The van der Waals surface area contributed by atoms with Crippen LogP contribution in [0.15, 0.2) is 18.2 Å². The molecule has 0 heterocycles. The Labute approximate surface area is 82.5 Å². The van der Waals surface area contributed by atoms with Gasteiger partial charge >= 0.3 is 0 Å². The van der Waals surface area contributed by atoms with Crippen LogP contribution in [0.4, 0.5) is 0 Å². The van der Waals surface area contributed by atoms with Crippen LogP contribution in [0.25, 0.3) is 0 Å². The van der Waals surface area contributed by atoms with Crippen molar-refractivity contribution in [2.24, 2.45) is 0 Å². The molecule has 0 spiro atoms. The average molecular weight is 198 g/mol. The van der Waals surface area contributed by atoms with Gasteiger partial charge in [0.25, 0.3) is 0 Å². The molecule has 1 radical (unpaired) electrons. The molecule has 0 amide bonds. The summed E-state index contributed by atoms with van der Waals surface area (Å²) in [6.45, 7) is 1.84. The van der Waals surface area contributed by atoms with E-state index in [1.807, 2.05) is 13.0 Å². The summed E-state index contributed by atoms with van der Waals surface area (Å²) < 4.78 is 0. The third-order valence-corrected chi connectivity index (χ3v) is 2.10. The highest BCUT2D eigenvalue weighted by molar-refractivity contribution is 6.35. The average Bonchev–Trinajstić information content (AvgIpc) is 2.03. The predicted molar refractivity (Wildman–Crippen MR) is 53.3 cm³/mol. The van der Waals surface area contributed by atoms with Gasteiger partial charge in [-0.2, -0.15) is 0 Å². The maximum Gasteiger partial charge on any atom is 0.0750 e. The molecule has 0 aliphatic heterocycles. The maximum atomic E-state index is 5.90. The first-order valence-corrected chi connectivity index (χ1v) is 4.16. The van der Waals surface area contributed by atoms with Gasteiger partial charge in [0, 0.05) is 10.0 Å². The van der Waals surface area contributed by atoms with E-state index < -0.39 is 0 Å². The van der Waals surface area contributed by atoms with Crippen molar-refractivity contribution in [1.82, 2.24) is 0 Å². The fourth-order valence-electron chi connectivity index (χ4n) is 0.871. The van der Waals surface area contributed by atoms with Gasteiger partial charge in [0.05, 0.1) is 5.92 Å². The highest BCUT2D eigenvalue weighted by Crippen LogP contribution is 2.26. The summed E-state index contributed by atoms with van der Waals surface area (Å²) in [7, 11) is 0. The molecule has 0 bridgehead atoms. The van der Waals surface area contributed by atoms with Crippen LogP contribution < -0.4 is 0 Å². The molecular weight excluding hydrogens is 191 g/mol. The van der Waals surface area contributed by atoms with E-state index in [1.54, 1.807) is 12.1 Å². The quantitative estimate of drug-likeness (QED) is 0.605. The van der Waals surface area contributed by atoms with Crippen molar-refractivity contribution >= 4 is 23.2 Å². The molecule has 1 rings (SSSR count). The summed E-state index contributed by atoms with van der Waals surface area (Å²) >= 11 is 11.6. The van der Waals surface area contributed by atoms with E-state index >= 15 is 0 Å². The summed E-state index contributed by atoms with van der Waals surface area (Å²) in [5, 5.41) is 1.21. The third-order valence-electron chi connectivity index (χ3n) is 1.55. The first kappa shape index (κ1) is 9.45. The van der Waals surface area contributed by atoms with Crippen LogP contribution in [-0.4, -0.2) is 0 Å². The fraction of sp³-hybridized carbons (Fsp3) is 0.100. The van der Waals surface area contributed by atoms with Gasteiger partial charge in [-0.05, 0) is 24.6 Å². The number of benzene rings is 1. The number of rotatable bonds is 1. The van der Waals surface area contributed by atoms with E-state index in [1.165, 1.54) is 0 Å². The summed E-state index contributed by atoms with van der Waals surface area (Å²) in [4.78, 5) is 0. The zero-order valence-corrected chi connectivity index (χ0v) is 8.08. The molecule has 0 saturated heterocycles. The molecule has 0 aromatic heterocycles. The van der Waals surface area contributed by atoms with E-state index in [2.05, 4.69) is 5.92 Å². The minimum Gasteiger partial charge on any atom is -0.119 e. The Kier molecular flexibility index (Phi) is 3.03.